The van der Waals surface area contributed by atoms with Gasteiger partial charge in [0.1, 0.15) is 5.76 Å². The summed E-state index contributed by atoms with van der Waals surface area (Å²) in [5.41, 5.74) is 1.76. The van der Waals surface area contributed by atoms with E-state index < -0.39 is 0 Å². The highest BCUT2D eigenvalue weighted by molar-refractivity contribution is 8.00. The third-order valence-electron chi connectivity index (χ3n) is 7.87. The average Bonchev–Trinajstić information content (AvgIpc) is 3.57. The maximum absolute atomic E-state index is 13.6. The van der Waals surface area contributed by atoms with Gasteiger partial charge in [0.2, 0.25) is 11.8 Å². The Morgan fingerprint density at radius 2 is 1.78 bits per heavy atom. The molecule has 0 spiro atoms. The van der Waals surface area contributed by atoms with E-state index in [0.29, 0.717) is 5.69 Å². The van der Waals surface area contributed by atoms with Gasteiger partial charge < -0.3 is 9.40 Å². The van der Waals surface area contributed by atoms with Crippen LogP contribution in [0.1, 0.15) is 28.5 Å². The zero-order chi connectivity index (χ0) is 21.7. The van der Waals surface area contributed by atoms with Gasteiger partial charge in [-0.15, -0.1) is 11.8 Å². The Morgan fingerprint density at radius 1 is 1.03 bits per heavy atom. The lowest BCUT2D eigenvalue weighted by Gasteiger charge is -2.42. The number of nitrogens with zero attached hydrogens (tertiary/aromatic N) is 1. The lowest BCUT2D eigenvalue weighted by atomic mass is 9.69. The van der Waals surface area contributed by atoms with E-state index in [4.69, 9.17) is 4.42 Å². The van der Waals surface area contributed by atoms with Crippen molar-refractivity contribution in [3.8, 4) is 0 Å². The number of imide groups is 1. The minimum Gasteiger partial charge on any atom is -0.469 e. The van der Waals surface area contributed by atoms with Crippen LogP contribution in [-0.4, -0.2) is 22.0 Å². The van der Waals surface area contributed by atoms with E-state index in [0.717, 1.165) is 27.6 Å². The van der Waals surface area contributed by atoms with E-state index in [1.165, 1.54) is 16.2 Å². The van der Waals surface area contributed by atoms with Crippen LogP contribution in [0.15, 0.2) is 56.9 Å². The van der Waals surface area contributed by atoms with Gasteiger partial charge in [0.05, 0.1) is 39.6 Å². The second-order valence-corrected chi connectivity index (χ2v) is 11.5. The molecule has 0 radical (unpaired) electrons. The topological polar surface area (TPSA) is 83.4 Å². The number of thiazole rings is 1. The van der Waals surface area contributed by atoms with Gasteiger partial charge in [0.25, 0.3) is 0 Å². The van der Waals surface area contributed by atoms with Crippen LogP contribution in [0.5, 0.6) is 0 Å². The number of aromatic amines is 1. The standard InChI is InChI=1S/C24H20N2O4S2/c1-10-4-6-11(7-5-10)26-22(27)16-12-9-13(17(16)23(26)28)19-15(12)18(14-3-2-8-30-14)20-21(31-19)25-24(29)32-20/h2-8,12-13,15-19H,9H2,1H3,(H,25,29)/t12-,13-,15-,16-,17-,18+,19+/m0/s1. The van der Waals surface area contributed by atoms with Crippen molar-refractivity contribution < 1.29 is 14.0 Å². The predicted molar refractivity (Wildman–Crippen MR) is 121 cm³/mol. The van der Waals surface area contributed by atoms with Gasteiger partial charge in [-0.1, -0.05) is 29.0 Å². The average molecular weight is 465 g/mol. The number of aromatic nitrogens is 1. The monoisotopic (exact) mass is 464 g/mol. The Kier molecular flexibility index (Phi) is 3.84. The third-order valence-corrected chi connectivity index (χ3v) is 10.5. The fourth-order valence-corrected chi connectivity index (χ4v) is 9.62. The molecule has 162 valence electrons. The van der Waals surface area contributed by atoms with Gasteiger partial charge in [-0.3, -0.25) is 19.3 Å². The number of rotatable bonds is 2. The number of H-pyrrole nitrogens is 1. The normalized spacial score (nSPS) is 34.7. The first-order valence-corrected chi connectivity index (χ1v) is 12.6. The number of carbonyl (C=O) groups excluding carboxylic acids is 2. The van der Waals surface area contributed by atoms with E-state index in [1.54, 1.807) is 18.0 Å². The summed E-state index contributed by atoms with van der Waals surface area (Å²) in [4.78, 5) is 44.7. The molecule has 7 atom stereocenters. The van der Waals surface area contributed by atoms with E-state index in [1.807, 2.05) is 43.3 Å². The van der Waals surface area contributed by atoms with Crippen molar-refractivity contribution >= 4 is 40.6 Å². The molecule has 4 aliphatic rings. The molecular weight excluding hydrogens is 444 g/mol. The van der Waals surface area contributed by atoms with Crippen molar-refractivity contribution in [1.82, 2.24) is 4.98 Å². The number of aryl methyl sites for hydroxylation is 1. The number of thioether (sulfide) groups is 1. The number of carbonyl (C=O) groups is 2. The molecule has 1 aromatic carbocycles. The van der Waals surface area contributed by atoms with Crippen LogP contribution in [0.25, 0.3) is 0 Å². The SMILES string of the molecule is Cc1ccc(N2C(=O)[C@H]3[C@@H]4C[C@H]([C@@H]3C2=O)[C@H]2[C@@H](c3ccco3)c3sc(=O)[nH]c3S[C@H]42)cc1. The lowest BCUT2D eigenvalue weighted by molar-refractivity contribution is -0.123. The van der Waals surface area contributed by atoms with Crippen LogP contribution >= 0.6 is 23.1 Å². The second-order valence-electron chi connectivity index (χ2n) is 9.32. The first-order chi connectivity index (χ1) is 15.5. The minimum absolute atomic E-state index is 0.0533. The number of hydrogen-bond donors (Lipinski definition) is 1. The number of hydrogen-bond acceptors (Lipinski definition) is 6. The minimum atomic E-state index is -0.287. The third kappa shape index (κ3) is 2.34. The Bertz CT molecular complexity index is 1310. The smallest absolute Gasteiger partial charge is 0.305 e. The summed E-state index contributed by atoms with van der Waals surface area (Å²) in [6.07, 6.45) is 2.55. The van der Waals surface area contributed by atoms with Crippen molar-refractivity contribution in [2.24, 2.45) is 29.6 Å². The van der Waals surface area contributed by atoms with E-state index in [2.05, 4.69) is 4.98 Å². The summed E-state index contributed by atoms with van der Waals surface area (Å²) in [6, 6.07) is 11.5. The van der Waals surface area contributed by atoms with Crippen molar-refractivity contribution in [3.05, 3.63) is 68.5 Å². The van der Waals surface area contributed by atoms with Gasteiger partial charge in [-0.2, -0.15) is 0 Å². The van der Waals surface area contributed by atoms with Gasteiger partial charge >= 0.3 is 4.87 Å². The summed E-state index contributed by atoms with van der Waals surface area (Å²) in [6.45, 7) is 1.99. The molecule has 7 rings (SSSR count). The number of nitrogens with one attached hydrogen (secondary N) is 1. The molecule has 2 saturated carbocycles. The Balaban J connectivity index is 1.32. The first-order valence-electron chi connectivity index (χ1n) is 10.9. The van der Waals surface area contributed by atoms with Crippen LogP contribution in [0.4, 0.5) is 5.69 Å². The molecule has 32 heavy (non-hydrogen) atoms. The van der Waals surface area contributed by atoms with Crippen molar-refractivity contribution in [3.63, 3.8) is 0 Å². The Labute approximate surface area is 192 Å². The molecule has 2 aliphatic heterocycles. The summed E-state index contributed by atoms with van der Waals surface area (Å²) >= 11 is 2.94. The van der Waals surface area contributed by atoms with Gasteiger partial charge in [0, 0.05) is 5.25 Å². The largest absolute Gasteiger partial charge is 0.469 e. The summed E-state index contributed by atoms with van der Waals surface area (Å²) in [5.74, 6) is 0.509. The maximum Gasteiger partial charge on any atom is 0.305 e. The molecule has 1 saturated heterocycles. The molecule has 2 bridgehead atoms. The lowest BCUT2D eigenvalue weighted by Crippen LogP contribution is -2.42. The van der Waals surface area contributed by atoms with Crippen molar-refractivity contribution in [2.45, 2.75) is 29.5 Å². The molecule has 2 aromatic heterocycles. The van der Waals surface area contributed by atoms with Crippen LogP contribution in [0, 0.1) is 36.5 Å². The maximum atomic E-state index is 13.6. The molecule has 2 amide bonds. The molecule has 6 nitrogen and oxygen atoms in total. The molecule has 1 N–H and O–H groups in total. The molecule has 8 heteroatoms. The second kappa shape index (κ2) is 6.48. The highest BCUT2D eigenvalue weighted by atomic mass is 32.2. The van der Waals surface area contributed by atoms with Gasteiger partial charge in [-0.25, -0.2) is 0 Å². The van der Waals surface area contributed by atoms with Crippen LogP contribution < -0.4 is 9.77 Å². The zero-order valence-corrected chi connectivity index (χ0v) is 18.8. The molecule has 3 aromatic rings. The Morgan fingerprint density at radius 3 is 2.50 bits per heavy atom. The number of anilines is 1. The molecule has 2 aliphatic carbocycles. The predicted octanol–water partition coefficient (Wildman–Crippen LogP) is 4.02. The number of fused-ring (bicyclic) bond motifs is 9. The molecule has 0 unspecified atom stereocenters. The summed E-state index contributed by atoms with van der Waals surface area (Å²) in [5, 5.41) is 1.09. The molecule has 3 fully saturated rings. The molecule has 4 heterocycles. The van der Waals surface area contributed by atoms with Gasteiger partial charge in [-0.05, 0) is 55.4 Å². The van der Waals surface area contributed by atoms with Gasteiger partial charge in [0.15, 0.2) is 0 Å². The van der Waals surface area contributed by atoms with Crippen molar-refractivity contribution in [1.29, 1.82) is 0 Å². The summed E-state index contributed by atoms with van der Waals surface area (Å²) in [7, 11) is 0. The fraction of sp³-hybridized carbons (Fsp3) is 0.375. The highest BCUT2D eigenvalue weighted by Crippen LogP contribution is 2.68. The summed E-state index contributed by atoms with van der Waals surface area (Å²) < 4.78 is 5.84. The van der Waals surface area contributed by atoms with E-state index in [9.17, 15) is 14.4 Å². The van der Waals surface area contributed by atoms with Crippen LogP contribution in [-0.2, 0) is 9.59 Å². The first kappa shape index (κ1) is 18.9. The van der Waals surface area contributed by atoms with Crippen LogP contribution in [0.2, 0.25) is 0 Å². The zero-order valence-electron chi connectivity index (χ0n) is 17.2. The van der Waals surface area contributed by atoms with Crippen molar-refractivity contribution in [2.75, 3.05) is 4.90 Å². The molecular formula is C24H20N2O4S2. The number of furan rings is 1. The van der Waals surface area contributed by atoms with E-state index >= 15 is 0 Å². The quantitative estimate of drug-likeness (QED) is 0.580. The Hall–Kier alpha value is -2.58. The number of amides is 2. The van der Waals surface area contributed by atoms with Crippen LogP contribution in [0.3, 0.4) is 0 Å². The number of benzene rings is 1. The van der Waals surface area contributed by atoms with E-state index in [-0.39, 0.29) is 57.4 Å². The highest BCUT2D eigenvalue weighted by Gasteiger charge is 2.70. The fourth-order valence-electron chi connectivity index (χ4n) is 6.75.